The number of nitrogens with zero attached hydrogens (tertiary/aromatic N) is 2. The van der Waals surface area contributed by atoms with Crippen LogP contribution in [0, 0.1) is 62.1 Å². The van der Waals surface area contributed by atoms with Crippen LogP contribution in [0.25, 0.3) is 0 Å². The fourth-order valence-corrected chi connectivity index (χ4v) is 14.2. The number of fused-ring (bicyclic) bond motifs is 7. The van der Waals surface area contributed by atoms with Crippen molar-refractivity contribution in [2.45, 2.75) is 139 Å². The lowest BCUT2D eigenvalue weighted by Crippen LogP contribution is -2.67. The molecule has 0 bridgehead atoms. The van der Waals surface area contributed by atoms with Crippen LogP contribution in [0.15, 0.2) is 12.2 Å². The van der Waals surface area contributed by atoms with Gasteiger partial charge in [-0.05, 0) is 136 Å². The molecule has 0 aromatic heterocycles. The quantitative estimate of drug-likeness (QED) is 0.188. The number of piperazine rings is 1. The van der Waals surface area contributed by atoms with Gasteiger partial charge in [0.25, 0.3) is 0 Å². The zero-order chi connectivity index (χ0) is 37.4. The van der Waals surface area contributed by atoms with E-state index in [-0.39, 0.29) is 46.2 Å². The molecular formula is C43H70N2O6. The number of carbonyl (C=O) groups is 3. The maximum Gasteiger partial charge on any atom is 0.309 e. The zero-order valence-corrected chi connectivity index (χ0v) is 33.3. The maximum atomic E-state index is 14.1. The predicted molar refractivity (Wildman–Crippen MR) is 200 cm³/mol. The highest BCUT2D eigenvalue weighted by Gasteiger charge is 2.71. The Morgan fingerprint density at radius 2 is 1.53 bits per heavy atom. The SMILES string of the molecule is C=C(C)[C@@H]1CC[C@]2(CC(=O)N3CCN(CCO)CC3)CC[C@]3(C)[C@H](CC[C@@H]4[C@@]5(C)CC[C@H](OC(=O)CC(C)(C)C(=O)O)C(C)(C)[C@@H]5CC[C@]43C)[C@@H]12. The van der Waals surface area contributed by atoms with Gasteiger partial charge in [-0.3, -0.25) is 19.3 Å². The number of aliphatic hydroxyl groups excluding tert-OH is 1. The third kappa shape index (κ3) is 6.22. The van der Waals surface area contributed by atoms with Crippen LogP contribution in [-0.4, -0.2) is 83.3 Å². The summed E-state index contributed by atoms with van der Waals surface area (Å²) >= 11 is 0. The standard InChI is InChI=1S/C43H70N2O6/c1-28(2)29-12-17-43(26-34(47)45-22-20-44(21-23-45)24-25-46)19-18-41(8)30(36(29)43)10-11-32-40(7)15-14-33(51-35(48)27-38(3,4)37(49)50)39(5,6)31(40)13-16-42(32,41)9/h29-33,36,46H,1,10-27H2,2-9H3,(H,49,50)/t29-,30+,31-,32+,33-,36+,40-,41+,42+,43+/m0/s1. The van der Waals surface area contributed by atoms with E-state index in [4.69, 9.17) is 4.74 Å². The number of hydrogen-bond donors (Lipinski definition) is 2. The molecule has 1 aliphatic heterocycles. The van der Waals surface area contributed by atoms with E-state index in [1.54, 1.807) is 13.8 Å². The molecule has 0 unspecified atom stereocenters. The molecule has 5 aliphatic carbocycles. The lowest BCUT2D eigenvalue weighted by molar-refractivity contribution is -0.250. The third-order valence-electron chi connectivity index (χ3n) is 17.3. The first-order chi connectivity index (χ1) is 23.8. The minimum absolute atomic E-state index is 0.0521. The van der Waals surface area contributed by atoms with Crippen molar-refractivity contribution in [1.29, 1.82) is 0 Å². The number of aliphatic hydroxyl groups is 1. The molecule has 0 aromatic carbocycles. The number of carboxylic acid groups (broad SMARTS) is 1. The first-order valence-corrected chi connectivity index (χ1v) is 20.4. The zero-order valence-electron chi connectivity index (χ0n) is 33.3. The molecular weight excluding hydrogens is 640 g/mol. The highest BCUT2D eigenvalue weighted by atomic mass is 16.5. The molecule has 51 heavy (non-hydrogen) atoms. The maximum absolute atomic E-state index is 14.1. The number of β-amino-alcohol motifs (C(OH)–C–C–N with tert-alkyl or cyclic N) is 1. The van der Waals surface area contributed by atoms with Crippen LogP contribution in [0.1, 0.15) is 132 Å². The van der Waals surface area contributed by atoms with Crippen molar-refractivity contribution >= 4 is 17.8 Å². The molecule has 1 amide bonds. The van der Waals surface area contributed by atoms with Gasteiger partial charge < -0.3 is 19.8 Å². The average Bonchev–Trinajstić information content (AvgIpc) is 3.42. The van der Waals surface area contributed by atoms with Crippen molar-refractivity contribution < 1.29 is 29.3 Å². The van der Waals surface area contributed by atoms with Crippen LogP contribution in [0.4, 0.5) is 0 Å². The van der Waals surface area contributed by atoms with E-state index < -0.39 is 17.4 Å². The molecule has 6 aliphatic rings. The fraction of sp³-hybridized carbons (Fsp3) is 0.884. The Morgan fingerprint density at radius 1 is 0.843 bits per heavy atom. The van der Waals surface area contributed by atoms with E-state index in [0.29, 0.717) is 48.5 Å². The van der Waals surface area contributed by atoms with Gasteiger partial charge in [0.2, 0.25) is 5.91 Å². The normalized spacial score (nSPS) is 42.2. The monoisotopic (exact) mass is 711 g/mol. The van der Waals surface area contributed by atoms with Crippen molar-refractivity contribution in [3.05, 3.63) is 12.2 Å². The van der Waals surface area contributed by atoms with Crippen molar-refractivity contribution in [2.75, 3.05) is 39.3 Å². The lowest BCUT2D eigenvalue weighted by Gasteiger charge is -2.73. The van der Waals surface area contributed by atoms with Crippen LogP contribution >= 0.6 is 0 Å². The summed E-state index contributed by atoms with van der Waals surface area (Å²) < 4.78 is 6.18. The molecule has 2 N–H and O–H groups in total. The number of allylic oxidation sites excluding steroid dienone is 1. The number of hydrogen-bond acceptors (Lipinski definition) is 6. The number of carboxylic acids is 1. The molecule has 6 rings (SSSR count). The smallest absolute Gasteiger partial charge is 0.309 e. The third-order valence-corrected chi connectivity index (χ3v) is 17.3. The van der Waals surface area contributed by atoms with E-state index in [2.05, 4.69) is 57.9 Å². The predicted octanol–water partition coefficient (Wildman–Crippen LogP) is 7.58. The van der Waals surface area contributed by atoms with Crippen molar-refractivity contribution in [3.8, 4) is 0 Å². The van der Waals surface area contributed by atoms with Crippen LogP contribution in [0.5, 0.6) is 0 Å². The van der Waals surface area contributed by atoms with Gasteiger partial charge in [0.15, 0.2) is 0 Å². The summed E-state index contributed by atoms with van der Waals surface area (Å²) in [7, 11) is 0. The highest BCUT2D eigenvalue weighted by Crippen LogP contribution is 2.78. The molecule has 1 saturated heterocycles. The average molecular weight is 711 g/mol. The van der Waals surface area contributed by atoms with Crippen molar-refractivity contribution in [3.63, 3.8) is 0 Å². The van der Waals surface area contributed by atoms with Gasteiger partial charge in [0.05, 0.1) is 18.4 Å². The second-order valence-electron chi connectivity index (χ2n) is 20.4. The summed E-state index contributed by atoms with van der Waals surface area (Å²) in [6.07, 6.45) is 11.5. The number of esters is 1. The number of aliphatic carboxylic acids is 1. The minimum Gasteiger partial charge on any atom is -0.481 e. The Morgan fingerprint density at radius 3 is 2.16 bits per heavy atom. The van der Waals surface area contributed by atoms with Gasteiger partial charge in [0.1, 0.15) is 6.10 Å². The Labute approximate surface area is 308 Å². The molecule has 5 saturated carbocycles. The van der Waals surface area contributed by atoms with Crippen LogP contribution < -0.4 is 0 Å². The summed E-state index contributed by atoms with van der Waals surface area (Å²) in [5, 5.41) is 19.0. The minimum atomic E-state index is -1.14. The van der Waals surface area contributed by atoms with Gasteiger partial charge in [-0.15, -0.1) is 0 Å². The molecule has 6 fully saturated rings. The van der Waals surface area contributed by atoms with Crippen LogP contribution in [-0.2, 0) is 19.1 Å². The van der Waals surface area contributed by atoms with E-state index in [1.165, 1.54) is 31.3 Å². The molecule has 8 heteroatoms. The summed E-state index contributed by atoms with van der Waals surface area (Å²) in [5.41, 5.74) is 0.529. The van der Waals surface area contributed by atoms with Crippen LogP contribution in [0.3, 0.4) is 0 Å². The Balaban J connectivity index is 1.22. The molecule has 288 valence electrons. The van der Waals surface area contributed by atoms with Gasteiger partial charge in [-0.25, -0.2) is 0 Å². The Hall–Kier alpha value is -1.93. The fourth-order valence-electron chi connectivity index (χ4n) is 14.2. The molecule has 8 nitrogen and oxygen atoms in total. The number of amides is 1. The molecule has 0 spiro atoms. The molecule has 0 radical (unpaired) electrons. The Kier molecular flexibility index (Phi) is 10.2. The summed E-state index contributed by atoms with van der Waals surface area (Å²) in [4.78, 5) is 43.3. The lowest BCUT2D eigenvalue weighted by atomic mass is 9.32. The second kappa shape index (κ2) is 13.4. The topological polar surface area (TPSA) is 107 Å². The van der Waals surface area contributed by atoms with E-state index >= 15 is 0 Å². The summed E-state index contributed by atoms with van der Waals surface area (Å²) in [5.74, 6) is 1.54. The second-order valence-corrected chi connectivity index (χ2v) is 20.4. The first-order valence-electron chi connectivity index (χ1n) is 20.4. The largest absolute Gasteiger partial charge is 0.481 e. The number of ether oxygens (including phenoxy) is 1. The first kappa shape index (κ1) is 38.8. The van der Waals surface area contributed by atoms with Crippen LogP contribution in [0.2, 0.25) is 0 Å². The van der Waals surface area contributed by atoms with E-state index in [1.807, 2.05) is 0 Å². The number of rotatable bonds is 9. The number of carbonyl (C=O) groups excluding carboxylic acids is 2. The highest BCUT2D eigenvalue weighted by molar-refractivity contribution is 5.81. The van der Waals surface area contributed by atoms with Gasteiger partial charge in [0, 0.05) is 44.6 Å². The van der Waals surface area contributed by atoms with Gasteiger partial charge >= 0.3 is 11.9 Å². The molecule has 10 atom stereocenters. The van der Waals surface area contributed by atoms with Gasteiger partial charge in [-0.2, -0.15) is 0 Å². The summed E-state index contributed by atoms with van der Waals surface area (Å²) in [6, 6.07) is 0. The van der Waals surface area contributed by atoms with Gasteiger partial charge in [-0.1, -0.05) is 46.8 Å². The molecule has 1 heterocycles. The molecule has 0 aromatic rings. The Bertz CT molecular complexity index is 1380. The van der Waals surface area contributed by atoms with E-state index in [9.17, 15) is 24.6 Å². The summed E-state index contributed by atoms with van der Waals surface area (Å²) in [6.45, 7) is 26.5. The van der Waals surface area contributed by atoms with Crippen molar-refractivity contribution in [1.82, 2.24) is 9.80 Å². The van der Waals surface area contributed by atoms with Crippen molar-refractivity contribution in [2.24, 2.45) is 62.1 Å². The van der Waals surface area contributed by atoms with E-state index in [0.717, 1.165) is 64.7 Å².